The molecule has 4 atom stereocenters. The average Bonchev–Trinajstić information content (AvgIpc) is 4.11. The molecule has 6 heterocycles. The van der Waals surface area contributed by atoms with Crippen LogP contribution in [-0.2, 0) is 32.7 Å². The molecule has 3 aromatic heterocycles. The van der Waals surface area contributed by atoms with Gasteiger partial charge in [0, 0.05) is 36.7 Å². The Labute approximate surface area is 348 Å². The average molecular weight is 820 g/mol. The predicted octanol–water partition coefficient (Wildman–Crippen LogP) is 6.61. The number of fused-ring (bicyclic) bond motifs is 5. The van der Waals surface area contributed by atoms with E-state index in [1.165, 1.54) is 14.2 Å². The van der Waals surface area contributed by atoms with Crippen molar-refractivity contribution in [1.29, 1.82) is 0 Å². The number of methoxy groups -OCH3 is 2. The van der Waals surface area contributed by atoms with Gasteiger partial charge in [-0.05, 0) is 66.8 Å². The number of aromatic amines is 2. The van der Waals surface area contributed by atoms with Crippen molar-refractivity contribution in [1.82, 2.24) is 44.9 Å². The molecular formula is C44H53N9O7. The number of nitrogens with one attached hydrogen (secondary N) is 4. The number of aromatic nitrogens is 5. The molecule has 2 saturated heterocycles. The smallest absolute Gasteiger partial charge is 0.407 e. The molecule has 0 aliphatic carbocycles. The van der Waals surface area contributed by atoms with Crippen molar-refractivity contribution in [2.45, 2.75) is 84.2 Å². The van der Waals surface area contributed by atoms with E-state index in [1.807, 2.05) is 56.9 Å². The fourth-order valence-corrected chi connectivity index (χ4v) is 8.98. The van der Waals surface area contributed by atoms with Crippen molar-refractivity contribution in [2.24, 2.45) is 18.9 Å². The monoisotopic (exact) mass is 819 g/mol. The molecule has 5 aromatic rings. The summed E-state index contributed by atoms with van der Waals surface area (Å²) in [6.07, 6.45) is 5.56. The van der Waals surface area contributed by atoms with Crippen LogP contribution in [0, 0.1) is 11.8 Å². The number of rotatable bonds is 10. The van der Waals surface area contributed by atoms with E-state index in [-0.39, 0.29) is 35.7 Å². The SMILES string of the molecule is COC(=O)NC(C(=O)N1CCC[C@H]1c1ncc(-c2ccc3c(c2)c2c(n3C)-c3ccc(-c4cnc([C@@H]5CCCN5C(=O)[C@@H](NC(=O)OC)C(C)C)[nH]4)cc3CO2)[nH]1)C(C)C. The van der Waals surface area contributed by atoms with Gasteiger partial charge in [0.1, 0.15) is 30.3 Å². The molecule has 2 fully saturated rings. The van der Waals surface area contributed by atoms with Gasteiger partial charge in [0.05, 0.1) is 61.3 Å². The summed E-state index contributed by atoms with van der Waals surface area (Å²) in [4.78, 5) is 71.5. The summed E-state index contributed by atoms with van der Waals surface area (Å²) in [5.41, 5.74) is 7.73. The van der Waals surface area contributed by atoms with Crippen molar-refractivity contribution in [3.8, 4) is 39.5 Å². The summed E-state index contributed by atoms with van der Waals surface area (Å²) < 4.78 is 18.3. The van der Waals surface area contributed by atoms with Crippen LogP contribution in [0.3, 0.4) is 0 Å². The van der Waals surface area contributed by atoms with Gasteiger partial charge in [0.2, 0.25) is 11.8 Å². The van der Waals surface area contributed by atoms with E-state index in [0.717, 1.165) is 81.7 Å². The number of hydrogen-bond donors (Lipinski definition) is 4. The Morgan fingerprint density at radius 3 is 1.80 bits per heavy atom. The molecule has 2 aromatic carbocycles. The number of aryl methyl sites for hydroxylation is 1. The normalized spacial score (nSPS) is 18.3. The number of carbonyl (C=O) groups is 4. The lowest BCUT2D eigenvalue weighted by Gasteiger charge is -2.30. The Kier molecular flexibility index (Phi) is 11.0. The van der Waals surface area contributed by atoms with Crippen LogP contribution in [-0.4, -0.2) is 97.7 Å². The number of imidazole rings is 2. The molecule has 16 heteroatoms. The molecular weight excluding hydrogens is 767 g/mol. The quantitative estimate of drug-likeness (QED) is 0.120. The standard InChI is InChI=1S/C44H53N9O7/c1-23(2)35(49-43(56)58-6)41(54)52-16-8-10-33(52)39-45-20-30(47-39)25-12-14-28-27(18-25)22-60-38-29-19-26(13-15-32(29)51(5)37(28)38)31-21-46-40(48-31)34-11-9-17-53(34)42(55)36(24(3)4)50-44(57)59-7/h12-15,18-21,23-24,33-36H,8-11,16-17,22H2,1-7H3,(H,45,47)(H,46,48)(H,49,56)(H,50,57)/t33-,34-,35-,36?/m0/s1. The summed E-state index contributed by atoms with van der Waals surface area (Å²) in [7, 11) is 4.63. The highest BCUT2D eigenvalue weighted by molar-refractivity contribution is 5.99. The second-order valence-corrected chi connectivity index (χ2v) is 16.6. The van der Waals surface area contributed by atoms with Crippen LogP contribution < -0.4 is 15.4 Å². The lowest BCUT2D eigenvalue weighted by molar-refractivity contribution is -0.136. The number of amides is 4. The van der Waals surface area contributed by atoms with E-state index < -0.39 is 24.3 Å². The lowest BCUT2D eigenvalue weighted by atomic mass is 9.98. The number of likely N-dealkylation sites (tertiary alicyclic amines) is 2. The third-order valence-electron chi connectivity index (χ3n) is 12.2. The third kappa shape index (κ3) is 7.32. The van der Waals surface area contributed by atoms with Crippen molar-refractivity contribution in [3.63, 3.8) is 0 Å². The van der Waals surface area contributed by atoms with Gasteiger partial charge >= 0.3 is 12.2 Å². The molecule has 8 rings (SSSR count). The van der Waals surface area contributed by atoms with Gasteiger partial charge in [0.25, 0.3) is 0 Å². The molecule has 60 heavy (non-hydrogen) atoms. The highest BCUT2D eigenvalue weighted by Gasteiger charge is 2.39. The molecule has 0 saturated carbocycles. The first kappa shape index (κ1) is 40.5. The number of alkyl carbamates (subject to hydrolysis) is 2. The van der Waals surface area contributed by atoms with Gasteiger partial charge in [-0.1, -0.05) is 45.9 Å². The fourth-order valence-electron chi connectivity index (χ4n) is 8.98. The summed E-state index contributed by atoms with van der Waals surface area (Å²) >= 11 is 0. The van der Waals surface area contributed by atoms with E-state index in [9.17, 15) is 19.2 Å². The Morgan fingerprint density at radius 2 is 1.28 bits per heavy atom. The molecule has 316 valence electrons. The molecule has 3 aliphatic heterocycles. The maximum Gasteiger partial charge on any atom is 0.407 e. The first-order valence-corrected chi connectivity index (χ1v) is 20.7. The van der Waals surface area contributed by atoms with Crippen LogP contribution in [0.2, 0.25) is 0 Å². The molecule has 3 aliphatic rings. The van der Waals surface area contributed by atoms with Gasteiger partial charge in [-0.2, -0.15) is 0 Å². The summed E-state index contributed by atoms with van der Waals surface area (Å²) in [5, 5.41) is 6.40. The minimum absolute atomic E-state index is 0.117. The number of hydrogen-bond acceptors (Lipinski definition) is 9. The molecule has 1 unspecified atom stereocenters. The van der Waals surface area contributed by atoms with Crippen LogP contribution >= 0.6 is 0 Å². The summed E-state index contributed by atoms with van der Waals surface area (Å²) in [5.74, 6) is 1.70. The highest BCUT2D eigenvalue weighted by atomic mass is 16.5. The Bertz CT molecular complexity index is 2450. The maximum absolute atomic E-state index is 13.7. The van der Waals surface area contributed by atoms with E-state index in [0.29, 0.717) is 31.3 Å². The Hall–Kier alpha value is -6.32. The van der Waals surface area contributed by atoms with Crippen LogP contribution in [0.1, 0.15) is 82.7 Å². The van der Waals surface area contributed by atoms with Crippen molar-refractivity contribution < 1.29 is 33.4 Å². The second-order valence-electron chi connectivity index (χ2n) is 16.6. The Morgan fingerprint density at radius 1 is 0.767 bits per heavy atom. The largest absolute Gasteiger partial charge is 0.486 e. The van der Waals surface area contributed by atoms with Crippen molar-refractivity contribution in [2.75, 3.05) is 27.3 Å². The molecule has 0 spiro atoms. The number of H-pyrrole nitrogens is 2. The molecule has 0 bridgehead atoms. The van der Waals surface area contributed by atoms with Gasteiger partial charge < -0.3 is 49.2 Å². The van der Waals surface area contributed by atoms with Gasteiger partial charge in [-0.15, -0.1) is 0 Å². The number of carbonyl (C=O) groups excluding carboxylic acids is 4. The van der Waals surface area contributed by atoms with Gasteiger partial charge in [-0.25, -0.2) is 19.6 Å². The van der Waals surface area contributed by atoms with Crippen LogP contribution in [0.25, 0.3) is 44.7 Å². The summed E-state index contributed by atoms with van der Waals surface area (Å²) in [6, 6.07) is 10.7. The first-order valence-electron chi connectivity index (χ1n) is 20.7. The van der Waals surface area contributed by atoms with Crippen LogP contribution in [0.4, 0.5) is 9.59 Å². The molecule has 4 N–H and O–H groups in total. The van der Waals surface area contributed by atoms with E-state index in [4.69, 9.17) is 24.2 Å². The van der Waals surface area contributed by atoms with Crippen LogP contribution in [0.15, 0.2) is 48.8 Å². The zero-order valence-electron chi connectivity index (χ0n) is 35.1. The lowest BCUT2D eigenvalue weighted by Crippen LogP contribution is -2.51. The van der Waals surface area contributed by atoms with E-state index in [2.05, 4.69) is 61.6 Å². The number of ether oxygens (including phenoxy) is 3. The molecule has 0 radical (unpaired) electrons. The third-order valence-corrected chi connectivity index (χ3v) is 12.2. The minimum Gasteiger partial charge on any atom is -0.486 e. The maximum atomic E-state index is 13.7. The van der Waals surface area contributed by atoms with Crippen molar-refractivity contribution >= 4 is 34.9 Å². The Balaban J connectivity index is 1.02. The number of nitrogens with zero attached hydrogens (tertiary/aromatic N) is 5. The first-order chi connectivity index (χ1) is 28.9. The summed E-state index contributed by atoms with van der Waals surface area (Å²) in [6.45, 7) is 9.15. The molecule has 16 nitrogen and oxygen atoms in total. The topological polar surface area (TPSA) is 189 Å². The minimum atomic E-state index is -0.705. The van der Waals surface area contributed by atoms with E-state index >= 15 is 0 Å². The van der Waals surface area contributed by atoms with E-state index in [1.54, 1.807) is 0 Å². The number of benzene rings is 2. The van der Waals surface area contributed by atoms with Gasteiger partial charge in [0.15, 0.2) is 5.75 Å². The zero-order chi connectivity index (χ0) is 42.4. The predicted molar refractivity (Wildman–Crippen MR) is 224 cm³/mol. The fraction of sp³-hybridized carbons (Fsp3) is 0.455. The zero-order valence-corrected chi connectivity index (χ0v) is 35.1. The second kappa shape index (κ2) is 16.4. The van der Waals surface area contributed by atoms with Crippen molar-refractivity contribution in [3.05, 3.63) is 66.0 Å². The van der Waals surface area contributed by atoms with Crippen LogP contribution in [0.5, 0.6) is 5.75 Å². The van der Waals surface area contributed by atoms with Gasteiger partial charge in [-0.3, -0.25) is 9.59 Å². The molecule has 4 amide bonds. The highest BCUT2D eigenvalue weighted by Crippen LogP contribution is 2.46.